The first kappa shape index (κ1) is 17.6. The van der Waals surface area contributed by atoms with Gasteiger partial charge in [-0.1, -0.05) is 77.2 Å². The van der Waals surface area contributed by atoms with E-state index in [1.807, 2.05) is 42.5 Å². The number of halogens is 1. The van der Waals surface area contributed by atoms with Crippen molar-refractivity contribution in [3.05, 3.63) is 65.2 Å². The van der Waals surface area contributed by atoms with E-state index in [9.17, 15) is 4.79 Å². The monoisotopic (exact) mass is 388 g/mol. The molecular formula is C17H13ClN4OS2. The molecule has 1 N–H and O–H groups in total. The molecule has 1 aromatic heterocycles. The van der Waals surface area contributed by atoms with Gasteiger partial charge >= 0.3 is 0 Å². The van der Waals surface area contributed by atoms with Crippen LogP contribution < -0.4 is 5.43 Å². The summed E-state index contributed by atoms with van der Waals surface area (Å²) in [4.78, 5) is 11.8. The average Bonchev–Trinajstić information content (AvgIpc) is 3.11. The van der Waals surface area contributed by atoms with Crippen molar-refractivity contribution in [1.82, 2.24) is 15.6 Å². The van der Waals surface area contributed by atoms with Crippen LogP contribution in [0.3, 0.4) is 0 Å². The molecule has 1 heterocycles. The molecule has 25 heavy (non-hydrogen) atoms. The lowest BCUT2D eigenvalue weighted by Crippen LogP contribution is -2.19. The summed E-state index contributed by atoms with van der Waals surface area (Å²) >= 11 is 8.60. The number of carbonyl (C=O) groups is 1. The molecule has 0 radical (unpaired) electrons. The highest BCUT2D eigenvalue weighted by Crippen LogP contribution is 2.28. The Balaban J connectivity index is 1.48. The Labute approximate surface area is 158 Å². The lowest BCUT2D eigenvalue weighted by atomic mass is 10.2. The third kappa shape index (κ3) is 5.38. The zero-order valence-electron chi connectivity index (χ0n) is 12.9. The second-order valence-electron chi connectivity index (χ2n) is 4.87. The molecular weight excluding hydrogens is 376 g/mol. The van der Waals surface area contributed by atoms with E-state index in [0.29, 0.717) is 5.02 Å². The first-order valence-corrected chi connectivity index (χ1v) is 9.48. The largest absolute Gasteiger partial charge is 0.272 e. The number of thioether (sulfide) groups is 1. The molecule has 3 rings (SSSR count). The van der Waals surface area contributed by atoms with Crippen LogP contribution in [0, 0.1) is 0 Å². The SMILES string of the molecule is O=C(CSc1nnc(-c2ccccc2)s1)NN=Cc1ccc(Cl)cc1. The number of carbonyl (C=O) groups excluding carboxylic acids is 1. The van der Waals surface area contributed by atoms with Crippen molar-refractivity contribution < 1.29 is 4.79 Å². The van der Waals surface area contributed by atoms with Gasteiger partial charge in [-0.05, 0) is 17.7 Å². The van der Waals surface area contributed by atoms with Crippen molar-refractivity contribution in [2.24, 2.45) is 5.10 Å². The van der Waals surface area contributed by atoms with Gasteiger partial charge in [-0.3, -0.25) is 4.79 Å². The lowest BCUT2D eigenvalue weighted by Gasteiger charge is -1.97. The zero-order valence-corrected chi connectivity index (χ0v) is 15.3. The quantitative estimate of drug-likeness (QED) is 0.392. The highest BCUT2D eigenvalue weighted by molar-refractivity contribution is 8.01. The zero-order chi connectivity index (χ0) is 17.5. The Hall–Kier alpha value is -2.22. The third-order valence-corrected chi connectivity index (χ3v) is 5.38. The molecule has 0 spiro atoms. The van der Waals surface area contributed by atoms with Crippen molar-refractivity contribution in [3.63, 3.8) is 0 Å². The topological polar surface area (TPSA) is 67.2 Å². The molecule has 0 aliphatic carbocycles. The minimum atomic E-state index is -0.202. The van der Waals surface area contributed by atoms with E-state index in [2.05, 4.69) is 20.7 Å². The molecule has 5 nitrogen and oxygen atoms in total. The Morgan fingerprint density at radius 1 is 1.16 bits per heavy atom. The standard InChI is InChI=1S/C17H13ClN4OS2/c18-14-8-6-12(7-9-14)10-19-20-15(23)11-24-17-22-21-16(25-17)13-4-2-1-3-5-13/h1-10H,11H2,(H,20,23). The van der Waals surface area contributed by atoms with Crippen LogP contribution in [0.25, 0.3) is 10.6 Å². The number of rotatable bonds is 6. The minimum Gasteiger partial charge on any atom is -0.272 e. The van der Waals surface area contributed by atoms with E-state index in [4.69, 9.17) is 11.6 Å². The number of aromatic nitrogens is 2. The molecule has 0 bridgehead atoms. The van der Waals surface area contributed by atoms with Gasteiger partial charge in [0.1, 0.15) is 5.01 Å². The van der Waals surface area contributed by atoms with E-state index in [1.54, 1.807) is 18.3 Å². The molecule has 0 aliphatic rings. The smallest absolute Gasteiger partial charge is 0.250 e. The van der Waals surface area contributed by atoms with Gasteiger partial charge in [0.2, 0.25) is 0 Å². The minimum absolute atomic E-state index is 0.202. The first-order chi connectivity index (χ1) is 12.2. The van der Waals surface area contributed by atoms with Crippen LogP contribution >= 0.6 is 34.7 Å². The number of nitrogens with zero attached hydrogens (tertiary/aromatic N) is 3. The van der Waals surface area contributed by atoms with E-state index in [-0.39, 0.29) is 11.7 Å². The van der Waals surface area contributed by atoms with Crippen LogP contribution in [0.1, 0.15) is 5.56 Å². The summed E-state index contributed by atoms with van der Waals surface area (Å²) in [6, 6.07) is 17.0. The van der Waals surface area contributed by atoms with Gasteiger partial charge in [-0.15, -0.1) is 10.2 Å². The third-order valence-electron chi connectivity index (χ3n) is 3.03. The lowest BCUT2D eigenvalue weighted by molar-refractivity contribution is -0.118. The summed E-state index contributed by atoms with van der Waals surface area (Å²) in [7, 11) is 0. The van der Waals surface area contributed by atoms with E-state index < -0.39 is 0 Å². The molecule has 2 aromatic carbocycles. The number of benzene rings is 2. The van der Waals surface area contributed by atoms with Gasteiger partial charge in [0.05, 0.1) is 12.0 Å². The summed E-state index contributed by atoms with van der Waals surface area (Å²) in [5.41, 5.74) is 4.36. The predicted octanol–water partition coefficient (Wildman–Crippen LogP) is 4.10. The molecule has 0 saturated carbocycles. The van der Waals surface area contributed by atoms with Gasteiger partial charge in [0, 0.05) is 10.6 Å². The van der Waals surface area contributed by atoms with Crippen LogP contribution in [-0.4, -0.2) is 28.1 Å². The average molecular weight is 389 g/mol. The van der Waals surface area contributed by atoms with Crippen molar-refractivity contribution >= 4 is 46.8 Å². The molecule has 0 atom stereocenters. The van der Waals surface area contributed by atoms with Crippen molar-refractivity contribution in [2.75, 3.05) is 5.75 Å². The molecule has 0 saturated heterocycles. The van der Waals surface area contributed by atoms with Crippen molar-refractivity contribution in [1.29, 1.82) is 0 Å². The maximum Gasteiger partial charge on any atom is 0.250 e. The van der Waals surface area contributed by atoms with Gasteiger partial charge < -0.3 is 0 Å². The second kappa shape index (κ2) is 8.75. The number of hydrogen-bond acceptors (Lipinski definition) is 6. The van der Waals surface area contributed by atoms with Crippen LogP contribution in [0.15, 0.2) is 64.0 Å². The molecule has 1 amide bonds. The van der Waals surface area contributed by atoms with Crippen LogP contribution in [0.5, 0.6) is 0 Å². The Morgan fingerprint density at radius 3 is 2.68 bits per heavy atom. The normalized spacial score (nSPS) is 10.9. The van der Waals surface area contributed by atoms with Crippen LogP contribution in [0.4, 0.5) is 0 Å². The van der Waals surface area contributed by atoms with Gasteiger partial charge in [-0.25, -0.2) is 5.43 Å². The maximum atomic E-state index is 11.8. The summed E-state index contributed by atoms with van der Waals surface area (Å²) in [5, 5.41) is 13.7. The van der Waals surface area contributed by atoms with Crippen LogP contribution in [-0.2, 0) is 4.79 Å². The summed E-state index contributed by atoms with van der Waals surface area (Å²) in [6.07, 6.45) is 1.57. The fourth-order valence-corrected chi connectivity index (χ4v) is 3.63. The Kier molecular flexibility index (Phi) is 6.16. The highest BCUT2D eigenvalue weighted by atomic mass is 35.5. The summed E-state index contributed by atoms with van der Waals surface area (Å²) < 4.78 is 0.746. The van der Waals surface area contributed by atoms with Crippen molar-refractivity contribution in [3.8, 4) is 10.6 Å². The second-order valence-corrected chi connectivity index (χ2v) is 7.51. The molecule has 0 fully saturated rings. The highest BCUT2D eigenvalue weighted by Gasteiger charge is 2.09. The molecule has 3 aromatic rings. The number of amides is 1. The van der Waals surface area contributed by atoms with E-state index in [1.165, 1.54) is 23.1 Å². The number of nitrogens with one attached hydrogen (secondary N) is 1. The fourth-order valence-electron chi connectivity index (χ4n) is 1.85. The molecule has 0 aliphatic heterocycles. The van der Waals surface area contributed by atoms with Crippen molar-refractivity contribution in [2.45, 2.75) is 4.34 Å². The van der Waals surface area contributed by atoms with Crippen LogP contribution in [0.2, 0.25) is 5.02 Å². The van der Waals surface area contributed by atoms with Gasteiger partial charge in [0.15, 0.2) is 4.34 Å². The van der Waals surface area contributed by atoms with Gasteiger partial charge in [0.25, 0.3) is 5.91 Å². The maximum absolute atomic E-state index is 11.8. The first-order valence-electron chi connectivity index (χ1n) is 7.30. The van der Waals surface area contributed by atoms with E-state index >= 15 is 0 Å². The number of hydrogen-bond donors (Lipinski definition) is 1. The van der Waals surface area contributed by atoms with Gasteiger partial charge in [-0.2, -0.15) is 5.10 Å². The number of hydrazone groups is 1. The van der Waals surface area contributed by atoms with E-state index in [0.717, 1.165) is 20.5 Å². The summed E-state index contributed by atoms with van der Waals surface area (Å²) in [5.74, 6) is 0.0214. The fraction of sp³-hybridized carbons (Fsp3) is 0.0588. The Morgan fingerprint density at radius 2 is 1.92 bits per heavy atom. The molecule has 126 valence electrons. The predicted molar refractivity (Wildman–Crippen MR) is 103 cm³/mol. The molecule has 8 heteroatoms. The molecule has 0 unspecified atom stereocenters. The Bertz CT molecular complexity index is 866. The summed E-state index contributed by atoms with van der Waals surface area (Å²) in [6.45, 7) is 0.